The molecule has 2 unspecified atom stereocenters. The molecule has 0 aliphatic carbocycles. The number of aliphatic hydroxyl groups is 1. The Morgan fingerprint density at radius 1 is 1.16 bits per heavy atom. The third-order valence-electron chi connectivity index (χ3n) is 4.81. The molecule has 136 valence electrons. The third kappa shape index (κ3) is 5.01. The van der Waals surface area contributed by atoms with Gasteiger partial charge in [-0.2, -0.15) is 0 Å². The molecule has 1 aromatic rings. The summed E-state index contributed by atoms with van der Waals surface area (Å²) in [5.41, 5.74) is 1.28. The number of nitrogens with zero attached hydrogens (tertiary/aromatic N) is 2. The van der Waals surface area contributed by atoms with Crippen LogP contribution in [0.1, 0.15) is 12.0 Å². The topological polar surface area (TPSA) is 84.9 Å². The zero-order chi connectivity index (χ0) is 17.6. The highest BCUT2D eigenvalue weighted by Crippen LogP contribution is 2.09. The number of nitrogens with one attached hydrogen (secondary N) is 2. The molecule has 3 N–H and O–H groups in total. The summed E-state index contributed by atoms with van der Waals surface area (Å²) >= 11 is 0. The predicted molar refractivity (Wildman–Crippen MR) is 93.7 cm³/mol. The van der Waals surface area contributed by atoms with Crippen LogP contribution in [-0.2, 0) is 16.1 Å². The number of carbonyl (C=O) groups is 2. The van der Waals surface area contributed by atoms with Crippen LogP contribution < -0.4 is 10.6 Å². The van der Waals surface area contributed by atoms with Gasteiger partial charge in [-0.1, -0.05) is 30.3 Å². The van der Waals surface area contributed by atoms with Gasteiger partial charge in [-0.3, -0.25) is 14.5 Å². The quantitative estimate of drug-likeness (QED) is 0.648. The number of hydrogen-bond acceptors (Lipinski definition) is 5. The van der Waals surface area contributed by atoms with Crippen molar-refractivity contribution in [2.75, 3.05) is 39.3 Å². The maximum absolute atomic E-state index is 12.3. The Hall–Kier alpha value is -1.96. The Morgan fingerprint density at radius 3 is 2.52 bits per heavy atom. The fourth-order valence-corrected chi connectivity index (χ4v) is 3.31. The first-order valence-electron chi connectivity index (χ1n) is 8.85. The van der Waals surface area contributed by atoms with Crippen LogP contribution in [0.3, 0.4) is 0 Å². The maximum Gasteiger partial charge on any atom is 0.242 e. The van der Waals surface area contributed by atoms with Crippen LogP contribution >= 0.6 is 0 Å². The summed E-state index contributed by atoms with van der Waals surface area (Å²) < 4.78 is 0. The number of β-amino-alcohol motifs (C(OH)–C–C–N with tert-alkyl or cyclic N) is 1. The average molecular weight is 346 g/mol. The summed E-state index contributed by atoms with van der Waals surface area (Å²) in [6, 6.07) is 9.91. The van der Waals surface area contributed by atoms with Gasteiger partial charge in [0.05, 0.1) is 18.7 Å². The van der Waals surface area contributed by atoms with Crippen molar-refractivity contribution in [1.82, 2.24) is 20.4 Å². The van der Waals surface area contributed by atoms with Crippen molar-refractivity contribution in [3.63, 3.8) is 0 Å². The van der Waals surface area contributed by atoms with Gasteiger partial charge in [-0.25, -0.2) is 0 Å². The number of benzene rings is 1. The second-order valence-electron chi connectivity index (χ2n) is 6.71. The third-order valence-corrected chi connectivity index (χ3v) is 4.81. The number of carbonyl (C=O) groups excluding carboxylic acids is 2. The molecule has 7 nitrogen and oxygen atoms in total. The SMILES string of the molecule is O=C(NCC(=O)N1CCN(Cc2ccccc2)CC1)C1CC(O)CN1. The molecule has 25 heavy (non-hydrogen) atoms. The highest BCUT2D eigenvalue weighted by Gasteiger charge is 2.28. The molecule has 0 radical (unpaired) electrons. The lowest BCUT2D eigenvalue weighted by atomic mass is 10.2. The normalized spacial score (nSPS) is 24.3. The molecule has 2 heterocycles. The van der Waals surface area contributed by atoms with Crippen LogP contribution in [-0.4, -0.2) is 78.1 Å². The standard InChI is InChI=1S/C18H26N4O3/c23-15-10-16(19-11-15)18(25)20-12-17(24)22-8-6-21(7-9-22)13-14-4-2-1-3-5-14/h1-5,15-16,19,23H,6-13H2,(H,20,25). The van der Waals surface area contributed by atoms with Crippen LogP contribution in [0.15, 0.2) is 30.3 Å². The van der Waals surface area contributed by atoms with Crippen LogP contribution in [0.5, 0.6) is 0 Å². The van der Waals surface area contributed by atoms with Crippen molar-refractivity contribution < 1.29 is 14.7 Å². The molecule has 2 amide bonds. The van der Waals surface area contributed by atoms with Gasteiger partial charge in [0.15, 0.2) is 0 Å². The van der Waals surface area contributed by atoms with Crippen molar-refractivity contribution in [3.8, 4) is 0 Å². The number of amides is 2. The smallest absolute Gasteiger partial charge is 0.242 e. The summed E-state index contributed by atoms with van der Waals surface area (Å²) in [7, 11) is 0. The van der Waals surface area contributed by atoms with E-state index in [1.54, 1.807) is 4.90 Å². The van der Waals surface area contributed by atoms with Crippen molar-refractivity contribution in [1.29, 1.82) is 0 Å². The first-order chi connectivity index (χ1) is 12.1. The van der Waals surface area contributed by atoms with E-state index < -0.39 is 12.1 Å². The lowest BCUT2D eigenvalue weighted by molar-refractivity contribution is -0.134. The average Bonchev–Trinajstić information content (AvgIpc) is 3.07. The Balaban J connectivity index is 1.37. The van der Waals surface area contributed by atoms with Gasteiger partial charge < -0.3 is 20.6 Å². The van der Waals surface area contributed by atoms with E-state index in [-0.39, 0.29) is 18.4 Å². The van der Waals surface area contributed by atoms with Crippen molar-refractivity contribution in [3.05, 3.63) is 35.9 Å². The summed E-state index contributed by atoms with van der Waals surface area (Å²) in [4.78, 5) is 28.4. The molecular weight excluding hydrogens is 320 g/mol. The molecule has 0 aromatic heterocycles. The van der Waals surface area contributed by atoms with E-state index in [2.05, 4.69) is 27.7 Å². The summed E-state index contributed by atoms with van der Waals surface area (Å²) in [6.07, 6.45) is -0.0813. The van der Waals surface area contributed by atoms with Gasteiger partial charge in [0.25, 0.3) is 0 Å². The van der Waals surface area contributed by atoms with Crippen LogP contribution in [0.25, 0.3) is 0 Å². The second kappa shape index (κ2) is 8.42. The van der Waals surface area contributed by atoms with Gasteiger partial charge in [0, 0.05) is 39.3 Å². The fraction of sp³-hybridized carbons (Fsp3) is 0.556. The zero-order valence-electron chi connectivity index (χ0n) is 14.4. The molecule has 0 saturated carbocycles. The summed E-state index contributed by atoms with van der Waals surface area (Å²) in [6.45, 7) is 4.39. The van der Waals surface area contributed by atoms with E-state index in [0.717, 1.165) is 19.6 Å². The monoisotopic (exact) mass is 346 g/mol. The number of piperazine rings is 1. The molecule has 1 aromatic carbocycles. The summed E-state index contributed by atoms with van der Waals surface area (Å²) in [5, 5.41) is 15.1. The van der Waals surface area contributed by atoms with Crippen LogP contribution in [0.2, 0.25) is 0 Å². The molecule has 2 aliphatic heterocycles. The second-order valence-corrected chi connectivity index (χ2v) is 6.71. The Morgan fingerprint density at radius 2 is 1.88 bits per heavy atom. The van der Waals surface area contributed by atoms with E-state index in [0.29, 0.717) is 26.1 Å². The predicted octanol–water partition coefficient (Wildman–Crippen LogP) is -0.830. The highest BCUT2D eigenvalue weighted by atomic mass is 16.3. The molecule has 0 spiro atoms. The molecule has 2 fully saturated rings. The zero-order valence-corrected chi connectivity index (χ0v) is 14.4. The Kier molecular flexibility index (Phi) is 6.01. The van der Waals surface area contributed by atoms with E-state index in [4.69, 9.17) is 0 Å². The fourth-order valence-electron chi connectivity index (χ4n) is 3.31. The lowest BCUT2D eigenvalue weighted by Crippen LogP contribution is -2.52. The van der Waals surface area contributed by atoms with E-state index >= 15 is 0 Å². The first kappa shape index (κ1) is 17.8. The minimum atomic E-state index is -0.482. The molecular formula is C18H26N4O3. The van der Waals surface area contributed by atoms with Crippen molar-refractivity contribution in [2.45, 2.75) is 25.1 Å². The molecule has 7 heteroatoms. The summed E-state index contributed by atoms with van der Waals surface area (Å²) in [5.74, 6) is -0.265. The van der Waals surface area contributed by atoms with Crippen molar-refractivity contribution in [2.24, 2.45) is 0 Å². The molecule has 0 bridgehead atoms. The number of hydrogen-bond donors (Lipinski definition) is 3. The van der Waals surface area contributed by atoms with Crippen molar-refractivity contribution >= 4 is 11.8 Å². The van der Waals surface area contributed by atoms with Gasteiger partial charge in [-0.05, 0) is 12.0 Å². The van der Waals surface area contributed by atoms with Crippen LogP contribution in [0.4, 0.5) is 0 Å². The van der Waals surface area contributed by atoms with Crippen LogP contribution in [0, 0.1) is 0 Å². The lowest BCUT2D eigenvalue weighted by Gasteiger charge is -2.34. The Bertz CT molecular complexity index is 587. The number of aliphatic hydroxyl groups excluding tert-OH is 1. The Labute approximate surface area is 148 Å². The van der Waals surface area contributed by atoms with Gasteiger partial charge in [0.1, 0.15) is 0 Å². The minimum absolute atomic E-state index is 0.0196. The first-order valence-corrected chi connectivity index (χ1v) is 8.85. The molecule has 2 atom stereocenters. The molecule has 2 saturated heterocycles. The van der Waals surface area contributed by atoms with E-state index in [1.807, 2.05) is 18.2 Å². The van der Waals surface area contributed by atoms with E-state index in [9.17, 15) is 14.7 Å². The molecule has 2 aliphatic rings. The van der Waals surface area contributed by atoms with Gasteiger partial charge in [-0.15, -0.1) is 0 Å². The van der Waals surface area contributed by atoms with Gasteiger partial charge in [0.2, 0.25) is 11.8 Å². The highest BCUT2D eigenvalue weighted by molar-refractivity contribution is 5.87. The number of rotatable bonds is 5. The van der Waals surface area contributed by atoms with Gasteiger partial charge >= 0.3 is 0 Å². The minimum Gasteiger partial charge on any atom is -0.392 e. The largest absolute Gasteiger partial charge is 0.392 e. The van der Waals surface area contributed by atoms with E-state index in [1.165, 1.54) is 5.56 Å². The maximum atomic E-state index is 12.3. The molecule has 3 rings (SSSR count).